The summed E-state index contributed by atoms with van der Waals surface area (Å²) in [5, 5.41) is 19.2. The van der Waals surface area contributed by atoms with Gasteiger partial charge in [-0.05, 0) is 50.6 Å². The van der Waals surface area contributed by atoms with Crippen molar-refractivity contribution in [1.82, 2.24) is 4.90 Å². The zero-order valence-electron chi connectivity index (χ0n) is 12.6. The van der Waals surface area contributed by atoms with E-state index in [0.717, 1.165) is 31.5 Å². The number of phenols is 1. The normalized spacial score (nSPS) is 12.2. The van der Waals surface area contributed by atoms with Gasteiger partial charge < -0.3 is 9.84 Å². The number of ether oxygens (including phenoxy) is 1. The van der Waals surface area contributed by atoms with Crippen LogP contribution in [-0.2, 0) is 0 Å². The molecule has 0 amide bonds. The van der Waals surface area contributed by atoms with Crippen LogP contribution in [0.4, 0.5) is 0 Å². The molecule has 110 valence electrons. The van der Waals surface area contributed by atoms with Crippen molar-refractivity contribution in [1.29, 1.82) is 5.26 Å². The van der Waals surface area contributed by atoms with Crippen LogP contribution in [0.3, 0.4) is 0 Å². The van der Waals surface area contributed by atoms with E-state index in [0.29, 0.717) is 12.4 Å². The highest BCUT2D eigenvalue weighted by Gasteiger charge is 2.20. The Kier molecular flexibility index (Phi) is 6.89. The van der Waals surface area contributed by atoms with Gasteiger partial charge >= 0.3 is 0 Å². The lowest BCUT2D eigenvalue weighted by Crippen LogP contribution is -2.29. The maximum atomic E-state index is 9.74. The van der Waals surface area contributed by atoms with Crippen LogP contribution in [0.1, 0.15) is 45.2 Å². The van der Waals surface area contributed by atoms with E-state index in [9.17, 15) is 10.4 Å². The van der Waals surface area contributed by atoms with E-state index in [4.69, 9.17) is 4.74 Å². The summed E-state index contributed by atoms with van der Waals surface area (Å²) < 4.78 is 5.39. The first kappa shape index (κ1) is 16.3. The molecule has 0 spiro atoms. The first-order valence-corrected chi connectivity index (χ1v) is 7.27. The average molecular weight is 276 g/mol. The number of hydrogen-bond donors (Lipinski definition) is 1. The maximum absolute atomic E-state index is 9.74. The van der Waals surface area contributed by atoms with Gasteiger partial charge in [-0.25, -0.2) is 0 Å². The van der Waals surface area contributed by atoms with E-state index in [1.54, 1.807) is 18.2 Å². The number of aromatic hydroxyl groups is 1. The molecule has 1 atom stereocenters. The average Bonchev–Trinajstić information content (AvgIpc) is 2.44. The van der Waals surface area contributed by atoms with Crippen LogP contribution in [0, 0.1) is 11.3 Å². The molecule has 1 aromatic rings. The van der Waals surface area contributed by atoms with Gasteiger partial charge in [-0.3, -0.25) is 4.90 Å². The minimum absolute atomic E-state index is 0.116. The fraction of sp³-hybridized carbons (Fsp3) is 0.562. The summed E-state index contributed by atoms with van der Waals surface area (Å²) in [7, 11) is 0. The Labute approximate surface area is 121 Å². The molecule has 0 aromatic heterocycles. The zero-order valence-corrected chi connectivity index (χ0v) is 12.6. The number of nitrogens with zero attached hydrogens (tertiary/aromatic N) is 2. The van der Waals surface area contributed by atoms with Crippen LogP contribution >= 0.6 is 0 Å². The third-order valence-electron chi connectivity index (χ3n) is 3.11. The van der Waals surface area contributed by atoms with Gasteiger partial charge in [0, 0.05) is 0 Å². The van der Waals surface area contributed by atoms with Crippen molar-refractivity contribution in [3.8, 4) is 17.6 Å². The minimum Gasteiger partial charge on any atom is -0.504 e. The van der Waals surface area contributed by atoms with Gasteiger partial charge in [-0.15, -0.1) is 0 Å². The summed E-state index contributed by atoms with van der Waals surface area (Å²) >= 11 is 0. The van der Waals surface area contributed by atoms with Gasteiger partial charge in [-0.2, -0.15) is 5.26 Å². The number of phenolic OH excluding ortho intramolecular Hbond substituents is 1. The zero-order chi connectivity index (χ0) is 15.0. The van der Waals surface area contributed by atoms with Crippen LogP contribution in [0.5, 0.6) is 11.5 Å². The van der Waals surface area contributed by atoms with Crippen molar-refractivity contribution in [3.05, 3.63) is 23.8 Å². The quantitative estimate of drug-likeness (QED) is 0.789. The second-order valence-corrected chi connectivity index (χ2v) is 4.73. The van der Waals surface area contributed by atoms with Gasteiger partial charge in [0.1, 0.15) is 6.04 Å². The highest BCUT2D eigenvalue weighted by molar-refractivity contribution is 5.43. The molecule has 1 aromatic carbocycles. The molecule has 0 saturated carbocycles. The van der Waals surface area contributed by atoms with Crippen LogP contribution in [-0.4, -0.2) is 29.7 Å². The molecule has 0 fully saturated rings. The van der Waals surface area contributed by atoms with E-state index < -0.39 is 0 Å². The minimum atomic E-state index is -0.297. The second-order valence-electron chi connectivity index (χ2n) is 4.73. The predicted octanol–water partition coefficient (Wildman–Crippen LogP) is 3.48. The van der Waals surface area contributed by atoms with Crippen molar-refractivity contribution in [2.24, 2.45) is 0 Å². The summed E-state index contributed by atoms with van der Waals surface area (Å²) in [4.78, 5) is 2.17. The molecule has 1 rings (SSSR count). The highest BCUT2D eigenvalue weighted by Crippen LogP contribution is 2.31. The Morgan fingerprint density at radius 1 is 1.25 bits per heavy atom. The lowest BCUT2D eigenvalue weighted by molar-refractivity contribution is 0.235. The maximum Gasteiger partial charge on any atom is 0.161 e. The third kappa shape index (κ3) is 4.14. The summed E-state index contributed by atoms with van der Waals surface area (Å²) in [5.41, 5.74) is 0.871. The number of benzene rings is 1. The summed E-state index contributed by atoms with van der Waals surface area (Å²) in [5.74, 6) is 0.558. The van der Waals surface area contributed by atoms with E-state index in [2.05, 4.69) is 24.8 Å². The fourth-order valence-electron chi connectivity index (χ4n) is 2.28. The largest absolute Gasteiger partial charge is 0.504 e. The molecule has 0 radical (unpaired) electrons. The van der Waals surface area contributed by atoms with Crippen molar-refractivity contribution in [2.45, 2.75) is 39.7 Å². The summed E-state index contributed by atoms with van der Waals surface area (Å²) in [6.45, 7) is 8.35. The van der Waals surface area contributed by atoms with Crippen LogP contribution in [0.15, 0.2) is 18.2 Å². The molecular formula is C16H24N2O2. The fourth-order valence-corrected chi connectivity index (χ4v) is 2.28. The molecule has 20 heavy (non-hydrogen) atoms. The van der Waals surface area contributed by atoms with Crippen molar-refractivity contribution < 1.29 is 9.84 Å². The van der Waals surface area contributed by atoms with Crippen molar-refractivity contribution >= 4 is 0 Å². The third-order valence-corrected chi connectivity index (χ3v) is 3.11. The second kappa shape index (κ2) is 8.44. The van der Waals surface area contributed by atoms with Crippen LogP contribution in [0.25, 0.3) is 0 Å². The van der Waals surface area contributed by atoms with Gasteiger partial charge in [0.05, 0.1) is 12.7 Å². The summed E-state index contributed by atoms with van der Waals surface area (Å²) in [6, 6.07) is 7.23. The van der Waals surface area contributed by atoms with Crippen LogP contribution in [0.2, 0.25) is 0 Å². The molecule has 0 saturated heterocycles. The lowest BCUT2D eigenvalue weighted by Gasteiger charge is -2.26. The van der Waals surface area contributed by atoms with Gasteiger partial charge in [0.15, 0.2) is 11.5 Å². The molecule has 4 heteroatoms. The molecular weight excluding hydrogens is 252 g/mol. The number of hydrogen-bond acceptors (Lipinski definition) is 4. The smallest absolute Gasteiger partial charge is 0.161 e. The van der Waals surface area contributed by atoms with E-state index in [-0.39, 0.29) is 11.8 Å². The highest BCUT2D eigenvalue weighted by atomic mass is 16.5. The first-order chi connectivity index (χ1) is 9.67. The number of nitriles is 1. The van der Waals surface area contributed by atoms with E-state index in [1.165, 1.54) is 0 Å². The van der Waals surface area contributed by atoms with Crippen LogP contribution < -0.4 is 4.74 Å². The Bertz CT molecular complexity index is 448. The summed E-state index contributed by atoms with van der Waals surface area (Å²) in [6.07, 6.45) is 2.02. The van der Waals surface area contributed by atoms with Crippen molar-refractivity contribution in [2.75, 3.05) is 19.7 Å². The van der Waals surface area contributed by atoms with Gasteiger partial charge in [0.2, 0.25) is 0 Å². The molecule has 0 aliphatic heterocycles. The standard InChI is InChI=1S/C16H24N2O2/c1-4-9-18(10-5-2)14(12-17)13-7-8-15(19)16(11-13)20-6-3/h7-8,11,14,19H,4-6,9-10H2,1-3H3. The molecule has 1 unspecified atom stereocenters. The Hall–Kier alpha value is -1.73. The first-order valence-electron chi connectivity index (χ1n) is 7.27. The topological polar surface area (TPSA) is 56.5 Å². The predicted molar refractivity (Wildman–Crippen MR) is 79.8 cm³/mol. The molecule has 0 aliphatic carbocycles. The lowest BCUT2D eigenvalue weighted by atomic mass is 10.0. The Morgan fingerprint density at radius 2 is 1.90 bits per heavy atom. The monoisotopic (exact) mass is 276 g/mol. The van der Waals surface area contributed by atoms with Crippen molar-refractivity contribution in [3.63, 3.8) is 0 Å². The SMILES string of the molecule is CCCN(CCC)C(C#N)c1ccc(O)c(OCC)c1. The van der Waals surface area contributed by atoms with Gasteiger partial charge in [0.25, 0.3) is 0 Å². The van der Waals surface area contributed by atoms with E-state index in [1.807, 2.05) is 6.92 Å². The molecule has 0 bridgehead atoms. The molecule has 1 N–H and O–H groups in total. The van der Waals surface area contributed by atoms with E-state index >= 15 is 0 Å². The number of rotatable bonds is 8. The molecule has 4 nitrogen and oxygen atoms in total. The molecule has 0 aliphatic rings. The van der Waals surface area contributed by atoms with Gasteiger partial charge in [-0.1, -0.05) is 19.9 Å². The Balaban J connectivity index is 3.04. The molecule has 0 heterocycles. The Morgan fingerprint density at radius 3 is 2.40 bits per heavy atom.